The van der Waals surface area contributed by atoms with Gasteiger partial charge in [0.15, 0.2) is 0 Å². The maximum atomic E-state index is 5.69. The van der Waals surface area contributed by atoms with E-state index in [1.807, 2.05) is 0 Å². The highest BCUT2D eigenvalue weighted by atomic mass is 16.5. The van der Waals surface area contributed by atoms with Crippen molar-refractivity contribution in [3.8, 4) is 0 Å². The summed E-state index contributed by atoms with van der Waals surface area (Å²) in [6.45, 7) is 9.28. The molecule has 0 aromatic carbocycles. The molecule has 1 saturated heterocycles. The molecule has 96 valence electrons. The molecule has 2 atom stereocenters. The molecule has 1 rings (SSSR count). The lowest BCUT2D eigenvalue weighted by Gasteiger charge is -2.42. The Morgan fingerprint density at radius 3 is 2.88 bits per heavy atom. The monoisotopic (exact) mass is 229 g/mol. The minimum atomic E-state index is 0.348. The van der Waals surface area contributed by atoms with Crippen molar-refractivity contribution < 1.29 is 9.47 Å². The van der Waals surface area contributed by atoms with Crippen molar-refractivity contribution in [2.45, 2.75) is 33.1 Å². The smallest absolute Gasteiger partial charge is 0.0587 e. The van der Waals surface area contributed by atoms with Crippen LogP contribution in [0.5, 0.6) is 0 Å². The summed E-state index contributed by atoms with van der Waals surface area (Å²) in [5.74, 6) is 0.725. The Balaban J connectivity index is 2.43. The molecule has 0 saturated carbocycles. The van der Waals surface area contributed by atoms with Gasteiger partial charge in [0, 0.05) is 32.2 Å². The van der Waals surface area contributed by atoms with E-state index in [1.54, 1.807) is 7.11 Å². The Labute approximate surface area is 99.9 Å². The second kappa shape index (κ2) is 7.25. The molecule has 0 aromatic heterocycles. The summed E-state index contributed by atoms with van der Waals surface area (Å²) >= 11 is 0. The lowest BCUT2D eigenvalue weighted by molar-refractivity contribution is -0.0388. The van der Waals surface area contributed by atoms with Crippen LogP contribution in [-0.4, -0.2) is 40.0 Å². The van der Waals surface area contributed by atoms with Crippen LogP contribution in [0.25, 0.3) is 0 Å². The summed E-state index contributed by atoms with van der Waals surface area (Å²) in [5.41, 5.74) is 0.348. The van der Waals surface area contributed by atoms with Gasteiger partial charge < -0.3 is 14.8 Å². The molecule has 0 spiro atoms. The van der Waals surface area contributed by atoms with E-state index in [4.69, 9.17) is 9.47 Å². The molecular formula is C13H27NO2. The highest BCUT2D eigenvalue weighted by Gasteiger charge is 2.36. The predicted molar refractivity (Wildman–Crippen MR) is 66.7 cm³/mol. The zero-order valence-corrected chi connectivity index (χ0v) is 11.1. The third-order valence-electron chi connectivity index (χ3n) is 3.97. The summed E-state index contributed by atoms with van der Waals surface area (Å²) in [4.78, 5) is 0. The zero-order chi connectivity index (χ0) is 11.9. The Hall–Kier alpha value is -0.120. The first kappa shape index (κ1) is 13.9. The van der Waals surface area contributed by atoms with Crippen molar-refractivity contribution in [3.63, 3.8) is 0 Å². The van der Waals surface area contributed by atoms with Crippen LogP contribution < -0.4 is 5.32 Å². The zero-order valence-electron chi connectivity index (χ0n) is 11.1. The van der Waals surface area contributed by atoms with Crippen molar-refractivity contribution in [3.05, 3.63) is 0 Å². The minimum absolute atomic E-state index is 0.348. The first-order chi connectivity index (χ1) is 7.75. The van der Waals surface area contributed by atoms with Crippen LogP contribution in [0.15, 0.2) is 0 Å². The molecule has 1 aliphatic rings. The Bertz CT molecular complexity index is 179. The SMILES string of the molecule is CCC(C)C1(CNCCOC)CCCOC1. The van der Waals surface area contributed by atoms with Crippen molar-refractivity contribution in [1.82, 2.24) is 5.32 Å². The van der Waals surface area contributed by atoms with Gasteiger partial charge in [-0.2, -0.15) is 0 Å². The van der Waals surface area contributed by atoms with Crippen LogP contribution in [0.1, 0.15) is 33.1 Å². The number of rotatable bonds is 7. The van der Waals surface area contributed by atoms with Gasteiger partial charge in [-0.15, -0.1) is 0 Å². The fraction of sp³-hybridized carbons (Fsp3) is 1.00. The molecule has 0 amide bonds. The van der Waals surface area contributed by atoms with Gasteiger partial charge >= 0.3 is 0 Å². The third-order valence-corrected chi connectivity index (χ3v) is 3.97. The van der Waals surface area contributed by atoms with E-state index < -0.39 is 0 Å². The Morgan fingerprint density at radius 2 is 2.31 bits per heavy atom. The fourth-order valence-corrected chi connectivity index (χ4v) is 2.52. The van der Waals surface area contributed by atoms with E-state index in [2.05, 4.69) is 19.2 Å². The van der Waals surface area contributed by atoms with Crippen LogP contribution in [0, 0.1) is 11.3 Å². The van der Waals surface area contributed by atoms with E-state index >= 15 is 0 Å². The van der Waals surface area contributed by atoms with Gasteiger partial charge in [0.2, 0.25) is 0 Å². The molecule has 2 unspecified atom stereocenters. The van der Waals surface area contributed by atoms with Crippen LogP contribution in [-0.2, 0) is 9.47 Å². The van der Waals surface area contributed by atoms with Gasteiger partial charge in [-0.25, -0.2) is 0 Å². The highest BCUT2D eigenvalue weighted by Crippen LogP contribution is 2.37. The van der Waals surface area contributed by atoms with E-state index in [-0.39, 0.29) is 0 Å². The predicted octanol–water partition coefficient (Wildman–Crippen LogP) is 2.07. The van der Waals surface area contributed by atoms with Crippen molar-refractivity contribution in [1.29, 1.82) is 0 Å². The van der Waals surface area contributed by atoms with Gasteiger partial charge in [0.1, 0.15) is 0 Å². The number of nitrogens with one attached hydrogen (secondary N) is 1. The molecule has 0 aliphatic carbocycles. The maximum Gasteiger partial charge on any atom is 0.0587 e. The molecule has 3 heteroatoms. The molecule has 3 nitrogen and oxygen atoms in total. The van der Waals surface area contributed by atoms with Gasteiger partial charge in [0.05, 0.1) is 13.2 Å². The molecule has 1 N–H and O–H groups in total. The molecule has 1 heterocycles. The molecule has 0 radical (unpaired) electrons. The van der Waals surface area contributed by atoms with E-state index in [1.165, 1.54) is 19.3 Å². The Kier molecular flexibility index (Phi) is 6.32. The van der Waals surface area contributed by atoms with E-state index in [9.17, 15) is 0 Å². The van der Waals surface area contributed by atoms with Gasteiger partial charge in [-0.1, -0.05) is 20.3 Å². The first-order valence-corrected chi connectivity index (χ1v) is 6.52. The molecule has 1 aliphatic heterocycles. The first-order valence-electron chi connectivity index (χ1n) is 6.52. The molecule has 1 fully saturated rings. The molecule has 16 heavy (non-hydrogen) atoms. The normalized spacial score (nSPS) is 27.9. The highest BCUT2D eigenvalue weighted by molar-refractivity contribution is 4.88. The number of hydrogen-bond acceptors (Lipinski definition) is 3. The van der Waals surface area contributed by atoms with Crippen LogP contribution >= 0.6 is 0 Å². The maximum absolute atomic E-state index is 5.69. The average Bonchev–Trinajstić information content (AvgIpc) is 2.35. The molecule has 0 aromatic rings. The fourth-order valence-electron chi connectivity index (χ4n) is 2.52. The van der Waals surface area contributed by atoms with Crippen LogP contribution in [0.3, 0.4) is 0 Å². The number of hydrogen-bond donors (Lipinski definition) is 1. The second-order valence-electron chi connectivity index (χ2n) is 5.00. The lowest BCUT2D eigenvalue weighted by Crippen LogP contribution is -2.46. The minimum Gasteiger partial charge on any atom is -0.383 e. The van der Waals surface area contributed by atoms with Gasteiger partial charge in [-0.05, 0) is 18.8 Å². The summed E-state index contributed by atoms with van der Waals surface area (Å²) < 4.78 is 10.8. The second-order valence-corrected chi connectivity index (χ2v) is 5.00. The standard InChI is InChI=1S/C13H27NO2/c1-4-12(2)13(6-5-8-16-11-13)10-14-7-9-15-3/h12,14H,4-11H2,1-3H3. The summed E-state index contributed by atoms with van der Waals surface area (Å²) in [6.07, 6.45) is 3.73. The van der Waals surface area contributed by atoms with Gasteiger partial charge in [0.25, 0.3) is 0 Å². The van der Waals surface area contributed by atoms with Crippen molar-refractivity contribution in [2.75, 3.05) is 40.0 Å². The Morgan fingerprint density at radius 1 is 1.50 bits per heavy atom. The molecule has 0 bridgehead atoms. The topological polar surface area (TPSA) is 30.5 Å². The number of ether oxygens (including phenoxy) is 2. The molecular weight excluding hydrogens is 202 g/mol. The number of methoxy groups -OCH3 is 1. The third kappa shape index (κ3) is 3.72. The van der Waals surface area contributed by atoms with E-state index in [0.717, 1.165) is 38.8 Å². The lowest BCUT2D eigenvalue weighted by atomic mass is 9.71. The summed E-state index contributed by atoms with van der Waals surface area (Å²) in [6, 6.07) is 0. The summed E-state index contributed by atoms with van der Waals surface area (Å²) in [5, 5.41) is 3.51. The van der Waals surface area contributed by atoms with Crippen LogP contribution in [0.4, 0.5) is 0 Å². The average molecular weight is 229 g/mol. The quantitative estimate of drug-likeness (QED) is 0.678. The van der Waals surface area contributed by atoms with Crippen molar-refractivity contribution >= 4 is 0 Å². The largest absolute Gasteiger partial charge is 0.383 e. The van der Waals surface area contributed by atoms with Crippen molar-refractivity contribution in [2.24, 2.45) is 11.3 Å². The summed E-state index contributed by atoms with van der Waals surface area (Å²) in [7, 11) is 1.75. The van der Waals surface area contributed by atoms with Crippen LogP contribution in [0.2, 0.25) is 0 Å². The van der Waals surface area contributed by atoms with Gasteiger partial charge in [-0.3, -0.25) is 0 Å². The van der Waals surface area contributed by atoms with E-state index in [0.29, 0.717) is 5.41 Å².